The fourth-order valence-corrected chi connectivity index (χ4v) is 2.62. The lowest BCUT2D eigenvalue weighted by molar-refractivity contribution is -0.117. The second-order valence-corrected chi connectivity index (χ2v) is 4.95. The molecule has 1 amide bonds. The summed E-state index contributed by atoms with van der Waals surface area (Å²) in [5.74, 6) is 0.368. The number of hydrogen-bond donors (Lipinski definition) is 2. The Bertz CT molecular complexity index is 318. The molecule has 0 aromatic carbocycles. The predicted octanol–water partition coefficient (Wildman–Crippen LogP) is 1.17. The Morgan fingerprint density at radius 3 is 3.08 bits per heavy atom. The molecule has 0 saturated heterocycles. The Morgan fingerprint density at radius 2 is 2.58 bits per heavy atom. The van der Waals surface area contributed by atoms with Gasteiger partial charge in [0.2, 0.25) is 5.91 Å². The summed E-state index contributed by atoms with van der Waals surface area (Å²) in [5.41, 5.74) is 4.96. The highest BCUT2D eigenvalue weighted by atomic mass is 32.2. The van der Waals surface area contributed by atoms with Gasteiger partial charge in [-0.2, -0.15) is 5.10 Å². The third-order valence-corrected chi connectivity index (χ3v) is 3.23. The number of H-pyrrole nitrogens is 1. The first kappa shape index (κ1) is 9.69. The zero-order chi connectivity index (χ0) is 8.97. The zero-order valence-electron chi connectivity index (χ0n) is 6.07. The molecular formula is C5H7N3OS3. The molecule has 3 N–H and O–H groups in total. The van der Waals surface area contributed by atoms with Crippen LogP contribution in [0.5, 0.6) is 0 Å². The van der Waals surface area contributed by atoms with E-state index in [0.717, 1.165) is 4.34 Å². The molecule has 0 saturated carbocycles. The lowest BCUT2D eigenvalue weighted by atomic mass is 10.5. The van der Waals surface area contributed by atoms with Crippen molar-refractivity contribution in [3.05, 3.63) is 3.95 Å². The molecule has 0 spiro atoms. The summed E-state index contributed by atoms with van der Waals surface area (Å²) in [5, 5.41) is 6.57. The van der Waals surface area contributed by atoms with E-state index in [4.69, 9.17) is 18.0 Å². The number of carbonyl (C=O) groups excluding carboxylic acids is 1. The summed E-state index contributed by atoms with van der Waals surface area (Å²) in [6.07, 6.45) is 0.372. The molecular weight excluding hydrogens is 214 g/mol. The van der Waals surface area contributed by atoms with Gasteiger partial charge in [0.05, 0.1) is 0 Å². The van der Waals surface area contributed by atoms with Crippen molar-refractivity contribution in [2.75, 3.05) is 5.75 Å². The van der Waals surface area contributed by atoms with Gasteiger partial charge in [-0.05, 0) is 12.2 Å². The van der Waals surface area contributed by atoms with E-state index < -0.39 is 0 Å². The molecule has 0 radical (unpaired) electrons. The normalized spacial score (nSPS) is 10.0. The van der Waals surface area contributed by atoms with E-state index in [-0.39, 0.29) is 5.91 Å². The number of carbonyl (C=O) groups is 1. The number of thioether (sulfide) groups is 1. The number of aromatic nitrogens is 2. The number of rotatable bonds is 4. The first-order valence-electron chi connectivity index (χ1n) is 3.15. The average molecular weight is 221 g/mol. The van der Waals surface area contributed by atoms with E-state index in [2.05, 4.69) is 10.2 Å². The van der Waals surface area contributed by atoms with E-state index in [9.17, 15) is 4.79 Å². The van der Waals surface area contributed by atoms with Crippen LogP contribution in [-0.4, -0.2) is 21.9 Å². The standard InChI is InChI=1S/C5H7N3OS3/c6-3(9)1-2-11-5-8-7-4(10)12-5/h1-2H2,(H2,6,9)(H,7,10). The van der Waals surface area contributed by atoms with E-state index >= 15 is 0 Å². The first-order chi connectivity index (χ1) is 5.68. The van der Waals surface area contributed by atoms with Crippen molar-refractivity contribution in [1.82, 2.24) is 10.2 Å². The number of amides is 1. The molecule has 0 aliphatic rings. The molecule has 0 bridgehead atoms. The minimum atomic E-state index is -0.290. The fraction of sp³-hybridized carbons (Fsp3) is 0.400. The minimum Gasteiger partial charge on any atom is -0.370 e. The maximum atomic E-state index is 10.4. The predicted molar refractivity (Wildman–Crippen MR) is 51.8 cm³/mol. The van der Waals surface area contributed by atoms with Crippen LogP contribution in [0.1, 0.15) is 6.42 Å². The summed E-state index contributed by atoms with van der Waals surface area (Å²) >= 11 is 7.71. The molecule has 1 aromatic heterocycles. The Kier molecular flexibility index (Phi) is 3.70. The van der Waals surface area contributed by atoms with Crippen molar-refractivity contribution in [3.8, 4) is 0 Å². The van der Waals surface area contributed by atoms with Crippen LogP contribution in [0.15, 0.2) is 4.34 Å². The number of nitrogens with zero attached hydrogens (tertiary/aromatic N) is 1. The van der Waals surface area contributed by atoms with Crippen LogP contribution in [-0.2, 0) is 4.79 Å². The summed E-state index contributed by atoms with van der Waals surface area (Å²) in [7, 11) is 0. The number of primary amides is 1. The molecule has 0 atom stereocenters. The van der Waals surface area contributed by atoms with E-state index in [1.54, 1.807) is 0 Å². The van der Waals surface area contributed by atoms with E-state index in [1.807, 2.05) is 0 Å². The highest BCUT2D eigenvalue weighted by Gasteiger charge is 1.99. The van der Waals surface area contributed by atoms with Gasteiger partial charge in [-0.15, -0.1) is 0 Å². The minimum absolute atomic E-state index is 0.290. The van der Waals surface area contributed by atoms with Gasteiger partial charge in [0.15, 0.2) is 8.29 Å². The lowest BCUT2D eigenvalue weighted by Gasteiger charge is -1.91. The van der Waals surface area contributed by atoms with Crippen LogP contribution in [0.3, 0.4) is 0 Å². The van der Waals surface area contributed by atoms with Crippen LogP contribution in [0.4, 0.5) is 0 Å². The average Bonchev–Trinajstić information content (AvgIpc) is 2.35. The van der Waals surface area contributed by atoms with Crippen molar-refractivity contribution < 1.29 is 4.79 Å². The summed E-state index contributed by atoms with van der Waals surface area (Å²) < 4.78 is 1.50. The summed E-state index contributed by atoms with van der Waals surface area (Å²) in [6, 6.07) is 0. The summed E-state index contributed by atoms with van der Waals surface area (Å²) in [6.45, 7) is 0. The van der Waals surface area contributed by atoms with Crippen LogP contribution in [0.25, 0.3) is 0 Å². The smallest absolute Gasteiger partial charge is 0.218 e. The topological polar surface area (TPSA) is 71.8 Å². The molecule has 0 aliphatic carbocycles. The molecule has 1 rings (SSSR count). The zero-order valence-corrected chi connectivity index (χ0v) is 8.52. The highest BCUT2D eigenvalue weighted by Crippen LogP contribution is 2.20. The molecule has 0 unspecified atom stereocenters. The van der Waals surface area contributed by atoms with Gasteiger partial charge in [-0.1, -0.05) is 23.1 Å². The van der Waals surface area contributed by atoms with Gasteiger partial charge in [0, 0.05) is 12.2 Å². The molecule has 1 aromatic rings. The molecule has 0 fully saturated rings. The molecule has 7 heteroatoms. The number of aromatic amines is 1. The first-order valence-corrected chi connectivity index (χ1v) is 5.36. The maximum absolute atomic E-state index is 10.4. The van der Waals surface area contributed by atoms with Crippen molar-refractivity contribution in [2.45, 2.75) is 10.8 Å². The van der Waals surface area contributed by atoms with Crippen LogP contribution in [0.2, 0.25) is 0 Å². The van der Waals surface area contributed by atoms with Gasteiger partial charge in [0.1, 0.15) is 0 Å². The second kappa shape index (κ2) is 4.58. The number of nitrogens with one attached hydrogen (secondary N) is 1. The Labute approximate surface area is 82.6 Å². The van der Waals surface area contributed by atoms with Crippen molar-refractivity contribution in [1.29, 1.82) is 0 Å². The van der Waals surface area contributed by atoms with E-state index in [0.29, 0.717) is 16.1 Å². The van der Waals surface area contributed by atoms with E-state index in [1.165, 1.54) is 23.1 Å². The van der Waals surface area contributed by atoms with Crippen LogP contribution in [0, 0.1) is 3.95 Å². The third kappa shape index (κ3) is 3.33. The van der Waals surface area contributed by atoms with Gasteiger partial charge >= 0.3 is 0 Å². The van der Waals surface area contributed by atoms with Crippen molar-refractivity contribution >= 4 is 41.2 Å². The van der Waals surface area contributed by atoms with Crippen molar-refractivity contribution in [3.63, 3.8) is 0 Å². The molecule has 12 heavy (non-hydrogen) atoms. The van der Waals surface area contributed by atoms with Gasteiger partial charge in [-0.3, -0.25) is 9.89 Å². The van der Waals surface area contributed by atoms with Crippen LogP contribution >= 0.6 is 35.3 Å². The SMILES string of the molecule is NC(=O)CCSc1n[nH]c(=S)s1. The number of nitrogens with two attached hydrogens (primary N) is 1. The number of hydrogen-bond acceptors (Lipinski definition) is 5. The highest BCUT2D eigenvalue weighted by molar-refractivity contribution is 8.01. The largest absolute Gasteiger partial charge is 0.370 e. The molecule has 1 heterocycles. The Balaban J connectivity index is 2.33. The van der Waals surface area contributed by atoms with Gasteiger partial charge < -0.3 is 5.73 Å². The van der Waals surface area contributed by atoms with Crippen molar-refractivity contribution in [2.24, 2.45) is 5.73 Å². The molecule has 0 aliphatic heterocycles. The fourth-order valence-electron chi connectivity index (χ4n) is 0.517. The summed E-state index contributed by atoms with van der Waals surface area (Å²) in [4.78, 5) is 10.4. The quantitative estimate of drug-likeness (QED) is 0.591. The Morgan fingerprint density at radius 1 is 1.83 bits per heavy atom. The van der Waals surface area contributed by atoms with Gasteiger partial charge in [-0.25, -0.2) is 0 Å². The molecule has 66 valence electrons. The lowest BCUT2D eigenvalue weighted by Crippen LogP contribution is -2.10. The second-order valence-electron chi connectivity index (χ2n) is 1.94. The monoisotopic (exact) mass is 221 g/mol. The third-order valence-electron chi connectivity index (χ3n) is 0.992. The maximum Gasteiger partial charge on any atom is 0.218 e. The van der Waals surface area contributed by atoms with Gasteiger partial charge in [0.25, 0.3) is 0 Å². The Hall–Kier alpha value is -0.400. The van der Waals surface area contributed by atoms with Crippen LogP contribution < -0.4 is 5.73 Å². The molecule has 4 nitrogen and oxygen atoms in total.